The molecular formula is C21H31F2N3O4S. The standard InChI is InChI=1S/C21H31F2N3O4S/c1-14(2)20(25-12-15(3)30-16(4)13-25)21(27)24-7-9-26(10-8-24)31(28,29)19-6-5-17(22)11-18(19)23/h5-6,11,14-16,20H,7-10,12-13H2,1-4H3. The van der Waals surface area contributed by atoms with Gasteiger partial charge in [-0.25, -0.2) is 17.2 Å². The summed E-state index contributed by atoms with van der Waals surface area (Å²) in [6.45, 7) is 9.88. The SMILES string of the molecule is CC1CN(C(C(=O)N2CCN(S(=O)(=O)c3ccc(F)cc3F)CC2)C(C)C)CC(C)O1. The Morgan fingerprint density at radius 2 is 1.65 bits per heavy atom. The Morgan fingerprint density at radius 3 is 2.16 bits per heavy atom. The van der Waals surface area contributed by atoms with Crippen molar-refractivity contribution in [2.45, 2.75) is 50.8 Å². The average Bonchev–Trinajstić information content (AvgIpc) is 2.66. The number of morpholine rings is 1. The van der Waals surface area contributed by atoms with Crippen molar-refractivity contribution in [2.75, 3.05) is 39.3 Å². The normalized spacial score (nSPS) is 25.1. The van der Waals surface area contributed by atoms with E-state index in [2.05, 4.69) is 4.90 Å². The smallest absolute Gasteiger partial charge is 0.246 e. The van der Waals surface area contributed by atoms with Crippen LogP contribution in [0.15, 0.2) is 23.1 Å². The minimum absolute atomic E-state index is 0.0266. The van der Waals surface area contributed by atoms with Crippen LogP contribution in [0.2, 0.25) is 0 Å². The van der Waals surface area contributed by atoms with Crippen LogP contribution in [0.25, 0.3) is 0 Å². The molecule has 0 radical (unpaired) electrons. The van der Waals surface area contributed by atoms with Crippen LogP contribution < -0.4 is 0 Å². The zero-order chi connectivity index (χ0) is 22.9. The van der Waals surface area contributed by atoms with Gasteiger partial charge >= 0.3 is 0 Å². The summed E-state index contributed by atoms with van der Waals surface area (Å²) in [6, 6.07) is 2.11. The number of nitrogens with zero attached hydrogens (tertiary/aromatic N) is 3. The van der Waals surface area contributed by atoms with E-state index in [1.807, 2.05) is 27.7 Å². The third kappa shape index (κ3) is 5.24. The lowest BCUT2D eigenvalue weighted by Gasteiger charge is -2.43. The first-order chi connectivity index (χ1) is 14.5. The third-order valence-corrected chi connectivity index (χ3v) is 7.72. The summed E-state index contributed by atoms with van der Waals surface area (Å²) in [7, 11) is -4.10. The predicted octanol–water partition coefficient (Wildman–Crippen LogP) is 1.93. The maximum atomic E-state index is 14.0. The number of carbonyl (C=O) groups excluding carboxylic acids is 1. The van der Waals surface area contributed by atoms with Crippen molar-refractivity contribution in [1.29, 1.82) is 0 Å². The Hall–Kier alpha value is -1.62. The Balaban J connectivity index is 1.69. The molecule has 10 heteroatoms. The molecule has 0 spiro atoms. The maximum Gasteiger partial charge on any atom is 0.246 e. The van der Waals surface area contributed by atoms with Crippen LogP contribution in [0.4, 0.5) is 8.78 Å². The predicted molar refractivity (Wildman–Crippen MR) is 112 cm³/mol. The lowest BCUT2D eigenvalue weighted by Crippen LogP contribution is -2.60. The van der Waals surface area contributed by atoms with Gasteiger partial charge in [0.05, 0.1) is 18.2 Å². The molecule has 2 aliphatic heterocycles. The molecule has 0 N–H and O–H groups in total. The van der Waals surface area contributed by atoms with Gasteiger partial charge in [-0.05, 0) is 31.9 Å². The number of hydrogen-bond donors (Lipinski definition) is 0. The van der Waals surface area contributed by atoms with Crippen LogP contribution in [0, 0.1) is 17.6 Å². The largest absolute Gasteiger partial charge is 0.373 e. The average molecular weight is 460 g/mol. The van der Waals surface area contributed by atoms with Crippen LogP contribution in [-0.2, 0) is 19.6 Å². The van der Waals surface area contributed by atoms with Crippen molar-refractivity contribution in [2.24, 2.45) is 5.92 Å². The molecule has 1 aromatic rings. The lowest BCUT2D eigenvalue weighted by atomic mass is 9.98. The van der Waals surface area contributed by atoms with Crippen molar-refractivity contribution in [3.63, 3.8) is 0 Å². The van der Waals surface area contributed by atoms with Crippen LogP contribution in [0.3, 0.4) is 0 Å². The number of benzene rings is 1. The van der Waals surface area contributed by atoms with Gasteiger partial charge in [-0.3, -0.25) is 9.69 Å². The molecule has 0 saturated carbocycles. The Labute approximate surface area is 183 Å². The van der Waals surface area contributed by atoms with Crippen molar-refractivity contribution >= 4 is 15.9 Å². The highest BCUT2D eigenvalue weighted by molar-refractivity contribution is 7.89. The second-order valence-corrected chi connectivity index (χ2v) is 10.6. The van der Waals surface area contributed by atoms with E-state index >= 15 is 0 Å². The monoisotopic (exact) mass is 459 g/mol. The summed E-state index contributed by atoms with van der Waals surface area (Å²) in [5.41, 5.74) is 0. The van der Waals surface area contributed by atoms with Gasteiger partial charge in [-0.1, -0.05) is 13.8 Å². The molecule has 0 aromatic heterocycles. The summed E-state index contributed by atoms with van der Waals surface area (Å²) in [6.07, 6.45) is 0.0655. The number of hydrogen-bond acceptors (Lipinski definition) is 5. The number of rotatable bonds is 5. The molecule has 0 aliphatic carbocycles. The summed E-state index contributed by atoms with van der Waals surface area (Å²) in [4.78, 5) is 16.6. The third-order valence-electron chi connectivity index (χ3n) is 5.79. The fourth-order valence-electron chi connectivity index (χ4n) is 4.47. The van der Waals surface area contributed by atoms with E-state index in [0.717, 1.165) is 16.4 Å². The first-order valence-electron chi connectivity index (χ1n) is 10.6. The zero-order valence-electron chi connectivity index (χ0n) is 18.4. The number of piperazine rings is 1. The van der Waals surface area contributed by atoms with Crippen LogP contribution in [0.5, 0.6) is 0 Å². The van der Waals surface area contributed by atoms with Gasteiger partial charge in [-0.15, -0.1) is 0 Å². The van der Waals surface area contributed by atoms with Crippen molar-refractivity contribution in [1.82, 2.24) is 14.1 Å². The molecule has 3 rings (SSSR count). The Bertz CT molecular complexity index is 894. The van der Waals surface area contributed by atoms with Crippen molar-refractivity contribution < 1.29 is 26.7 Å². The van der Waals surface area contributed by atoms with E-state index in [0.29, 0.717) is 19.2 Å². The number of halogens is 2. The quantitative estimate of drug-likeness (QED) is 0.673. The highest BCUT2D eigenvalue weighted by Crippen LogP contribution is 2.24. The van der Waals surface area contributed by atoms with Gasteiger partial charge in [-0.2, -0.15) is 4.31 Å². The van der Waals surface area contributed by atoms with E-state index in [1.54, 1.807) is 4.90 Å². The molecule has 2 fully saturated rings. The minimum Gasteiger partial charge on any atom is -0.373 e. The van der Waals surface area contributed by atoms with E-state index in [1.165, 1.54) is 0 Å². The van der Waals surface area contributed by atoms with Crippen LogP contribution in [-0.4, -0.2) is 85.9 Å². The van der Waals surface area contributed by atoms with E-state index in [-0.39, 0.29) is 56.3 Å². The molecular weight excluding hydrogens is 428 g/mol. The second kappa shape index (κ2) is 9.48. The van der Waals surface area contributed by atoms with Gasteiger partial charge in [0.2, 0.25) is 15.9 Å². The van der Waals surface area contributed by atoms with E-state index in [9.17, 15) is 22.0 Å². The second-order valence-electron chi connectivity index (χ2n) is 8.70. The van der Waals surface area contributed by atoms with E-state index < -0.39 is 26.6 Å². The first kappa shape index (κ1) is 24.0. The maximum absolute atomic E-state index is 14.0. The van der Waals surface area contributed by atoms with Crippen molar-refractivity contribution in [3.05, 3.63) is 29.8 Å². The summed E-state index contributed by atoms with van der Waals surface area (Å²) >= 11 is 0. The van der Waals surface area contributed by atoms with Gasteiger partial charge in [0.1, 0.15) is 16.5 Å². The van der Waals surface area contributed by atoms with Gasteiger partial charge in [0, 0.05) is 45.3 Å². The number of carbonyl (C=O) groups is 1. The zero-order valence-corrected chi connectivity index (χ0v) is 19.2. The lowest BCUT2D eigenvalue weighted by molar-refractivity contribution is -0.146. The molecule has 1 aromatic carbocycles. The Kier molecular flexibility index (Phi) is 7.35. The summed E-state index contributed by atoms with van der Waals surface area (Å²) < 4.78 is 59.7. The summed E-state index contributed by atoms with van der Waals surface area (Å²) in [5, 5.41) is 0. The minimum atomic E-state index is -4.10. The molecule has 2 saturated heterocycles. The van der Waals surface area contributed by atoms with Gasteiger partial charge in [0.25, 0.3) is 0 Å². The number of sulfonamides is 1. The molecule has 2 heterocycles. The topological polar surface area (TPSA) is 70.2 Å². The molecule has 174 valence electrons. The molecule has 3 atom stereocenters. The highest BCUT2D eigenvalue weighted by Gasteiger charge is 2.38. The van der Waals surface area contributed by atoms with Crippen molar-refractivity contribution in [3.8, 4) is 0 Å². The molecule has 0 bridgehead atoms. The molecule has 31 heavy (non-hydrogen) atoms. The number of ether oxygens (including phenoxy) is 1. The molecule has 1 amide bonds. The molecule has 7 nitrogen and oxygen atoms in total. The Morgan fingerprint density at radius 1 is 1.06 bits per heavy atom. The molecule has 2 aliphatic rings. The number of amides is 1. The summed E-state index contributed by atoms with van der Waals surface area (Å²) in [5.74, 6) is -1.89. The highest BCUT2D eigenvalue weighted by atomic mass is 32.2. The van der Waals surface area contributed by atoms with Crippen LogP contribution in [0.1, 0.15) is 27.7 Å². The fraction of sp³-hybridized carbons (Fsp3) is 0.667. The van der Waals surface area contributed by atoms with Gasteiger partial charge < -0.3 is 9.64 Å². The first-order valence-corrected chi connectivity index (χ1v) is 12.1. The van der Waals surface area contributed by atoms with Gasteiger partial charge in [0.15, 0.2) is 0 Å². The molecule has 3 unspecified atom stereocenters. The fourth-order valence-corrected chi connectivity index (χ4v) is 5.93. The van der Waals surface area contributed by atoms with Crippen LogP contribution >= 0.6 is 0 Å². The van der Waals surface area contributed by atoms with E-state index in [4.69, 9.17) is 4.74 Å².